The van der Waals surface area contributed by atoms with Gasteiger partial charge < -0.3 is 10.6 Å². The predicted molar refractivity (Wildman–Crippen MR) is 77.3 cm³/mol. The lowest BCUT2D eigenvalue weighted by Crippen LogP contribution is -2.36. The molecule has 4 nitrogen and oxygen atoms in total. The van der Waals surface area contributed by atoms with Gasteiger partial charge in [-0.15, -0.1) is 0 Å². The molecule has 1 aliphatic rings. The molecule has 5 heteroatoms. The highest BCUT2D eigenvalue weighted by atomic mass is 32.2. The van der Waals surface area contributed by atoms with Gasteiger partial charge in [0.15, 0.2) is 0 Å². The molecule has 1 aromatic carbocycles. The third-order valence-electron chi connectivity index (χ3n) is 3.31. The van der Waals surface area contributed by atoms with Crippen LogP contribution in [0.3, 0.4) is 0 Å². The zero-order chi connectivity index (χ0) is 14.0. The second-order valence-electron chi connectivity index (χ2n) is 4.94. The van der Waals surface area contributed by atoms with Crippen molar-refractivity contribution in [2.45, 2.75) is 37.6 Å². The Morgan fingerprint density at radius 1 is 1.47 bits per heavy atom. The van der Waals surface area contributed by atoms with E-state index < -0.39 is 10.8 Å². The van der Waals surface area contributed by atoms with Gasteiger partial charge in [-0.05, 0) is 44.4 Å². The number of nitrogens with two attached hydrogens (primary N) is 1. The Morgan fingerprint density at radius 2 is 2.16 bits per heavy atom. The third-order valence-corrected chi connectivity index (χ3v) is 4.69. The van der Waals surface area contributed by atoms with E-state index in [4.69, 9.17) is 5.73 Å². The highest BCUT2D eigenvalue weighted by Gasteiger charge is 2.32. The van der Waals surface area contributed by atoms with Gasteiger partial charge in [-0.2, -0.15) is 0 Å². The molecule has 0 saturated heterocycles. The summed E-state index contributed by atoms with van der Waals surface area (Å²) >= 11 is 0. The van der Waals surface area contributed by atoms with Crippen LogP contribution in [0.25, 0.3) is 0 Å². The minimum absolute atomic E-state index is 0.0254. The van der Waals surface area contributed by atoms with Gasteiger partial charge in [0.1, 0.15) is 5.75 Å². The molecule has 2 rings (SSSR count). The third kappa shape index (κ3) is 3.35. The van der Waals surface area contributed by atoms with Crippen molar-refractivity contribution in [2.24, 2.45) is 0 Å². The van der Waals surface area contributed by atoms with Crippen molar-refractivity contribution in [3.8, 4) is 0 Å². The van der Waals surface area contributed by atoms with Crippen LogP contribution in [0.5, 0.6) is 0 Å². The number of hydrogen-bond donors (Lipinski definition) is 1. The van der Waals surface area contributed by atoms with Gasteiger partial charge in [0.2, 0.25) is 5.91 Å². The second-order valence-corrected chi connectivity index (χ2v) is 6.36. The first kappa shape index (κ1) is 14.1. The van der Waals surface area contributed by atoms with E-state index in [-0.39, 0.29) is 11.7 Å². The molecule has 1 amide bonds. The normalized spacial score (nSPS) is 16.1. The number of rotatable bonds is 5. The fraction of sp³-hybridized carbons (Fsp3) is 0.500. The molecule has 0 spiro atoms. The van der Waals surface area contributed by atoms with E-state index in [1.54, 1.807) is 12.1 Å². The first-order chi connectivity index (χ1) is 9.02. The smallest absolute Gasteiger partial charge is 0.235 e. The Balaban J connectivity index is 2.05. The molecule has 1 unspecified atom stereocenters. The van der Waals surface area contributed by atoms with E-state index in [0.29, 0.717) is 23.2 Å². The van der Waals surface area contributed by atoms with Crippen LogP contribution in [0.4, 0.5) is 5.69 Å². The Kier molecular flexibility index (Phi) is 4.24. The Hall–Kier alpha value is -1.36. The molecule has 0 aromatic heterocycles. The summed E-state index contributed by atoms with van der Waals surface area (Å²) in [4.78, 5) is 14.5. The summed E-state index contributed by atoms with van der Waals surface area (Å²) in [6, 6.07) is 5.77. The number of carbonyl (C=O) groups excluding carboxylic acids is 1. The molecule has 0 bridgehead atoms. The molecular formula is C14H20N2O2S. The predicted octanol–water partition coefficient (Wildman–Crippen LogP) is 1.70. The largest absolute Gasteiger partial charge is 0.398 e. The summed E-state index contributed by atoms with van der Waals surface area (Å²) in [7, 11) is -1.36. The van der Waals surface area contributed by atoms with Gasteiger partial charge >= 0.3 is 0 Å². The maximum absolute atomic E-state index is 12.2. The van der Waals surface area contributed by atoms with Crippen LogP contribution in [0.15, 0.2) is 23.1 Å². The number of benzene rings is 1. The van der Waals surface area contributed by atoms with E-state index in [0.717, 1.165) is 18.4 Å². The zero-order valence-corrected chi connectivity index (χ0v) is 12.2. The lowest BCUT2D eigenvalue weighted by molar-refractivity contribution is -0.128. The number of aryl methyl sites for hydroxylation is 1. The minimum Gasteiger partial charge on any atom is -0.398 e. The van der Waals surface area contributed by atoms with Crippen molar-refractivity contribution in [1.82, 2.24) is 4.90 Å². The summed E-state index contributed by atoms with van der Waals surface area (Å²) < 4.78 is 12.2. The maximum atomic E-state index is 12.2. The highest BCUT2D eigenvalue weighted by molar-refractivity contribution is 7.86. The molecule has 1 aliphatic carbocycles. The first-order valence-electron chi connectivity index (χ1n) is 6.57. The van der Waals surface area contributed by atoms with E-state index in [2.05, 4.69) is 0 Å². The van der Waals surface area contributed by atoms with Crippen molar-refractivity contribution < 1.29 is 9.00 Å². The number of carbonyl (C=O) groups is 1. The Morgan fingerprint density at radius 3 is 2.68 bits per heavy atom. The average molecular weight is 280 g/mol. The van der Waals surface area contributed by atoms with Gasteiger partial charge in [0.25, 0.3) is 0 Å². The lowest BCUT2D eigenvalue weighted by Gasteiger charge is -2.20. The van der Waals surface area contributed by atoms with Crippen molar-refractivity contribution in [1.29, 1.82) is 0 Å². The molecular weight excluding hydrogens is 260 g/mol. The number of amides is 1. The topological polar surface area (TPSA) is 63.4 Å². The van der Waals surface area contributed by atoms with E-state index in [9.17, 15) is 9.00 Å². The number of anilines is 1. The molecule has 1 atom stereocenters. The summed E-state index contributed by atoms with van der Waals surface area (Å²) in [5, 5.41) is 0. The summed E-state index contributed by atoms with van der Waals surface area (Å²) in [6.07, 6.45) is 2.14. The minimum atomic E-state index is -1.36. The average Bonchev–Trinajstić information content (AvgIpc) is 3.14. The lowest BCUT2D eigenvalue weighted by atomic mass is 10.2. The van der Waals surface area contributed by atoms with Crippen LogP contribution in [0.1, 0.15) is 25.3 Å². The Bertz CT molecular complexity index is 512. The number of nitrogens with zero attached hydrogens (tertiary/aromatic N) is 1. The van der Waals surface area contributed by atoms with E-state index >= 15 is 0 Å². The van der Waals surface area contributed by atoms with Crippen molar-refractivity contribution in [3.63, 3.8) is 0 Å². The molecule has 2 N–H and O–H groups in total. The number of hydrogen-bond acceptors (Lipinski definition) is 3. The van der Waals surface area contributed by atoms with Crippen molar-refractivity contribution in [3.05, 3.63) is 23.8 Å². The fourth-order valence-electron chi connectivity index (χ4n) is 2.17. The quantitative estimate of drug-likeness (QED) is 0.835. The summed E-state index contributed by atoms with van der Waals surface area (Å²) in [5.41, 5.74) is 7.39. The Labute approximate surface area is 116 Å². The molecule has 1 saturated carbocycles. The molecule has 1 fully saturated rings. The van der Waals surface area contributed by atoms with Gasteiger partial charge in [0.05, 0.1) is 15.7 Å². The molecule has 104 valence electrons. The molecule has 0 radical (unpaired) electrons. The second kappa shape index (κ2) is 5.74. The van der Waals surface area contributed by atoms with E-state index in [1.807, 2.05) is 24.8 Å². The van der Waals surface area contributed by atoms with Crippen molar-refractivity contribution >= 4 is 22.4 Å². The van der Waals surface area contributed by atoms with Crippen LogP contribution in [0, 0.1) is 6.92 Å². The molecule has 1 aromatic rings. The highest BCUT2D eigenvalue weighted by Crippen LogP contribution is 2.27. The fourth-order valence-corrected chi connectivity index (χ4v) is 3.26. The van der Waals surface area contributed by atoms with Crippen LogP contribution >= 0.6 is 0 Å². The molecule has 0 heterocycles. The monoisotopic (exact) mass is 280 g/mol. The zero-order valence-electron chi connectivity index (χ0n) is 11.4. The van der Waals surface area contributed by atoms with Gasteiger partial charge in [-0.3, -0.25) is 9.00 Å². The standard InChI is InChI=1S/C14H20N2O2S/c1-3-16(11-5-6-11)14(17)9-19(18)13-7-4-10(2)8-12(13)15/h4,7-8,11H,3,5-6,9,15H2,1-2H3. The molecule has 0 aliphatic heterocycles. The van der Waals surface area contributed by atoms with Crippen LogP contribution in [-0.4, -0.2) is 33.4 Å². The van der Waals surface area contributed by atoms with Crippen LogP contribution < -0.4 is 5.73 Å². The van der Waals surface area contributed by atoms with Crippen LogP contribution in [-0.2, 0) is 15.6 Å². The van der Waals surface area contributed by atoms with Gasteiger partial charge in [-0.25, -0.2) is 0 Å². The van der Waals surface area contributed by atoms with E-state index in [1.165, 1.54) is 0 Å². The SMILES string of the molecule is CCN(C(=O)CS(=O)c1ccc(C)cc1N)C1CC1. The summed E-state index contributed by atoms with van der Waals surface area (Å²) in [6.45, 7) is 4.57. The van der Waals surface area contributed by atoms with Crippen LogP contribution in [0.2, 0.25) is 0 Å². The maximum Gasteiger partial charge on any atom is 0.235 e. The first-order valence-corrected chi connectivity index (χ1v) is 7.88. The van der Waals surface area contributed by atoms with Gasteiger partial charge in [0, 0.05) is 18.3 Å². The summed E-state index contributed by atoms with van der Waals surface area (Å²) in [5.74, 6) is -0.0132. The molecule has 19 heavy (non-hydrogen) atoms. The number of nitrogen functional groups attached to an aromatic ring is 1. The van der Waals surface area contributed by atoms with Gasteiger partial charge in [-0.1, -0.05) is 6.07 Å². The van der Waals surface area contributed by atoms with Crippen molar-refractivity contribution in [2.75, 3.05) is 18.0 Å².